The predicted octanol–water partition coefficient (Wildman–Crippen LogP) is 2.99. The Labute approximate surface area is 134 Å². The molecule has 0 aromatic heterocycles. The zero-order valence-corrected chi connectivity index (χ0v) is 14.0. The van der Waals surface area contributed by atoms with Crippen LogP contribution in [0.15, 0.2) is 28.7 Å². The second-order valence-electron chi connectivity index (χ2n) is 5.81. The first-order valence-electron chi connectivity index (χ1n) is 7.49. The number of nitrogens with two attached hydrogens (primary N) is 1. The standard InChI is InChI=1S/C16H23BrN2O2/c1-12(21-14-7-5-6-13(17)10-14)11-19-15(20)16(18)8-3-2-4-9-16/h5-7,10,12H,2-4,8-9,11,18H2,1H3,(H,19,20). The Bertz CT molecular complexity index is 487. The van der Waals surface area contributed by atoms with Crippen LogP contribution in [0.1, 0.15) is 39.0 Å². The molecule has 4 nitrogen and oxygen atoms in total. The Morgan fingerprint density at radius 1 is 1.43 bits per heavy atom. The number of ether oxygens (including phenoxy) is 1. The van der Waals surface area contributed by atoms with E-state index in [1.807, 2.05) is 31.2 Å². The molecule has 1 unspecified atom stereocenters. The summed E-state index contributed by atoms with van der Waals surface area (Å²) in [5, 5.41) is 2.93. The van der Waals surface area contributed by atoms with Crippen molar-refractivity contribution in [2.45, 2.75) is 50.7 Å². The number of benzene rings is 1. The lowest BCUT2D eigenvalue weighted by Gasteiger charge is -2.32. The van der Waals surface area contributed by atoms with Crippen molar-refractivity contribution in [3.05, 3.63) is 28.7 Å². The van der Waals surface area contributed by atoms with Crippen molar-refractivity contribution in [1.82, 2.24) is 5.32 Å². The lowest BCUT2D eigenvalue weighted by molar-refractivity contribution is -0.127. The van der Waals surface area contributed by atoms with Crippen molar-refractivity contribution >= 4 is 21.8 Å². The van der Waals surface area contributed by atoms with Gasteiger partial charge in [-0.15, -0.1) is 0 Å². The molecule has 5 heteroatoms. The van der Waals surface area contributed by atoms with Gasteiger partial charge in [-0.2, -0.15) is 0 Å². The Hall–Kier alpha value is -1.07. The number of hydrogen-bond acceptors (Lipinski definition) is 3. The van der Waals surface area contributed by atoms with Gasteiger partial charge >= 0.3 is 0 Å². The minimum Gasteiger partial charge on any atom is -0.489 e. The van der Waals surface area contributed by atoms with Gasteiger partial charge in [-0.1, -0.05) is 41.3 Å². The van der Waals surface area contributed by atoms with Crippen LogP contribution in [-0.4, -0.2) is 24.1 Å². The van der Waals surface area contributed by atoms with Gasteiger partial charge in [0.1, 0.15) is 11.9 Å². The smallest absolute Gasteiger partial charge is 0.240 e. The first-order valence-corrected chi connectivity index (χ1v) is 8.28. The third-order valence-electron chi connectivity index (χ3n) is 3.88. The number of hydrogen-bond donors (Lipinski definition) is 2. The van der Waals surface area contributed by atoms with Crippen LogP contribution in [0, 0.1) is 0 Å². The van der Waals surface area contributed by atoms with Crippen LogP contribution >= 0.6 is 15.9 Å². The number of amides is 1. The first kappa shape index (κ1) is 16.3. The van der Waals surface area contributed by atoms with E-state index >= 15 is 0 Å². The maximum absolute atomic E-state index is 12.2. The summed E-state index contributed by atoms with van der Waals surface area (Å²) >= 11 is 3.41. The molecule has 0 saturated heterocycles. The van der Waals surface area contributed by atoms with E-state index in [9.17, 15) is 4.79 Å². The molecule has 1 aromatic rings. The highest BCUT2D eigenvalue weighted by Crippen LogP contribution is 2.26. The Morgan fingerprint density at radius 2 is 2.14 bits per heavy atom. The third kappa shape index (κ3) is 4.71. The highest BCUT2D eigenvalue weighted by Gasteiger charge is 2.35. The molecule has 0 aliphatic heterocycles. The summed E-state index contributed by atoms with van der Waals surface area (Å²) in [5.74, 6) is 0.734. The molecule has 0 bridgehead atoms. The zero-order valence-electron chi connectivity index (χ0n) is 12.4. The molecule has 1 aromatic carbocycles. The van der Waals surface area contributed by atoms with Crippen LogP contribution in [0.3, 0.4) is 0 Å². The number of carbonyl (C=O) groups is 1. The second kappa shape index (κ2) is 7.27. The van der Waals surface area contributed by atoms with Crippen molar-refractivity contribution in [1.29, 1.82) is 0 Å². The molecule has 0 spiro atoms. The number of rotatable bonds is 5. The van der Waals surface area contributed by atoms with Crippen LogP contribution in [-0.2, 0) is 4.79 Å². The average Bonchev–Trinajstić information content (AvgIpc) is 2.45. The van der Waals surface area contributed by atoms with Crippen LogP contribution in [0.2, 0.25) is 0 Å². The van der Waals surface area contributed by atoms with E-state index in [1.165, 1.54) is 6.42 Å². The van der Waals surface area contributed by atoms with Gasteiger partial charge < -0.3 is 15.8 Å². The molecule has 0 radical (unpaired) electrons. The predicted molar refractivity (Wildman–Crippen MR) is 87.2 cm³/mol. The number of halogens is 1. The number of carbonyl (C=O) groups excluding carboxylic acids is 1. The average molecular weight is 355 g/mol. The monoisotopic (exact) mass is 354 g/mol. The Balaban J connectivity index is 1.80. The minimum absolute atomic E-state index is 0.0492. The van der Waals surface area contributed by atoms with Gasteiger partial charge in [0.15, 0.2) is 0 Å². The van der Waals surface area contributed by atoms with E-state index in [4.69, 9.17) is 10.5 Å². The largest absolute Gasteiger partial charge is 0.489 e. The van der Waals surface area contributed by atoms with Crippen LogP contribution in [0.25, 0.3) is 0 Å². The third-order valence-corrected chi connectivity index (χ3v) is 4.37. The normalized spacial score (nSPS) is 18.8. The molecular formula is C16H23BrN2O2. The summed E-state index contributed by atoms with van der Waals surface area (Å²) in [7, 11) is 0. The molecule has 21 heavy (non-hydrogen) atoms. The highest BCUT2D eigenvalue weighted by molar-refractivity contribution is 9.10. The fourth-order valence-corrected chi connectivity index (χ4v) is 3.01. The van der Waals surface area contributed by atoms with Crippen molar-refractivity contribution < 1.29 is 9.53 Å². The SMILES string of the molecule is CC(CNC(=O)C1(N)CCCCC1)Oc1cccc(Br)c1. The van der Waals surface area contributed by atoms with Gasteiger partial charge in [0.2, 0.25) is 5.91 Å². The van der Waals surface area contributed by atoms with Gasteiger partial charge in [0, 0.05) is 4.47 Å². The van der Waals surface area contributed by atoms with E-state index in [2.05, 4.69) is 21.2 Å². The summed E-state index contributed by atoms with van der Waals surface area (Å²) in [4.78, 5) is 12.2. The van der Waals surface area contributed by atoms with Crippen LogP contribution < -0.4 is 15.8 Å². The van der Waals surface area contributed by atoms with Crippen molar-refractivity contribution in [3.8, 4) is 5.75 Å². The fraction of sp³-hybridized carbons (Fsp3) is 0.562. The molecule has 1 aliphatic carbocycles. The van der Waals surface area contributed by atoms with E-state index in [1.54, 1.807) is 0 Å². The summed E-state index contributed by atoms with van der Waals surface area (Å²) in [6.07, 6.45) is 4.70. The lowest BCUT2D eigenvalue weighted by Crippen LogP contribution is -2.56. The van der Waals surface area contributed by atoms with Gasteiger partial charge in [0.05, 0.1) is 12.1 Å². The molecule has 116 valence electrons. The Kier molecular flexibility index (Phi) is 5.65. The molecule has 1 aliphatic rings. The molecule has 1 saturated carbocycles. The number of nitrogens with one attached hydrogen (secondary N) is 1. The van der Waals surface area contributed by atoms with Crippen LogP contribution in [0.4, 0.5) is 0 Å². The lowest BCUT2D eigenvalue weighted by atomic mass is 9.82. The molecule has 1 fully saturated rings. The molecule has 1 amide bonds. The summed E-state index contributed by atoms with van der Waals surface area (Å²) in [6, 6.07) is 7.67. The van der Waals surface area contributed by atoms with Gasteiger partial charge in [0.25, 0.3) is 0 Å². The van der Waals surface area contributed by atoms with E-state index in [0.717, 1.165) is 35.9 Å². The first-order chi connectivity index (χ1) is 9.99. The fourth-order valence-electron chi connectivity index (χ4n) is 2.64. The minimum atomic E-state index is -0.687. The van der Waals surface area contributed by atoms with E-state index in [0.29, 0.717) is 6.54 Å². The quantitative estimate of drug-likeness (QED) is 0.854. The molecule has 3 N–H and O–H groups in total. The topological polar surface area (TPSA) is 64.4 Å². The molecule has 2 rings (SSSR count). The zero-order chi connectivity index (χ0) is 15.3. The van der Waals surface area contributed by atoms with Crippen molar-refractivity contribution in [3.63, 3.8) is 0 Å². The van der Waals surface area contributed by atoms with Gasteiger partial charge in [-0.25, -0.2) is 0 Å². The van der Waals surface area contributed by atoms with Crippen molar-refractivity contribution in [2.24, 2.45) is 5.73 Å². The molecular weight excluding hydrogens is 332 g/mol. The van der Waals surface area contributed by atoms with Gasteiger partial charge in [-0.3, -0.25) is 4.79 Å². The van der Waals surface area contributed by atoms with E-state index in [-0.39, 0.29) is 12.0 Å². The maximum Gasteiger partial charge on any atom is 0.240 e. The second-order valence-corrected chi connectivity index (χ2v) is 6.73. The summed E-state index contributed by atoms with van der Waals surface area (Å²) in [6.45, 7) is 2.40. The van der Waals surface area contributed by atoms with Gasteiger partial charge in [-0.05, 0) is 38.0 Å². The Morgan fingerprint density at radius 3 is 2.81 bits per heavy atom. The highest BCUT2D eigenvalue weighted by atomic mass is 79.9. The summed E-state index contributed by atoms with van der Waals surface area (Å²) < 4.78 is 6.75. The maximum atomic E-state index is 12.2. The van der Waals surface area contributed by atoms with E-state index < -0.39 is 5.54 Å². The van der Waals surface area contributed by atoms with Crippen LogP contribution in [0.5, 0.6) is 5.75 Å². The summed E-state index contributed by atoms with van der Waals surface area (Å²) in [5.41, 5.74) is 5.52. The molecule has 0 heterocycles. The van der Waals surface area contributed by atoms with Crippen molar-refractivity contribution in [2.75, 3.05) is 6.54 Å². The molecule has 1 atom stereocenters.